The van der Waals surface area contributed by atoms with Gasteiger partial charge in [-0.05, 0) is 48.4 Å². The molecular formula is C29H28N4O2. The van der Waals surface area contributed by atoms with E-state index in [9.17, 15) is 4.79 Å². The normalized spacial score (nSPS) is 15.6. The van der Waals surface area contributed by atoms with Gasteiger partial charge in [0.15, 0.2) is 0 Å². The van der Waals surface area contributed by atoms with Crippen LogP contribution in [0.1, 0.15) is 33.4 Å². The van der Waals surface area contributed by atoms with Crippen LogP contribution < -0.4 is 15.0 Å². The lowest BCUT2D eigenvalue weighted by Gasteiger charge is -2.35. The largest absolute Gasteiger partial charge is 0.497 e. The Morgan fingerprint density at radius 2 is 1.83 bits per heavy atom. The number of hydrogen-bond donors (Lipinski definition) is 1. The zero-order valence-corrected chi connectivity index (χ0v) is 19.9. The van der Waals surface area contributed by atoms with Crippen molar-refractivity contribution < 1.29 is 9.53 Å². The highest BCUT2D eigenvalue weighted by Gasteiger charge is 2.23. The Morgan fingerprint density at radius 1 is 1.00 bits per heavy atom. The maximum Gasteiger partial charge on any atom is 0.213 e. The number of aryl methyl sites for hydroxylation is 1. The topological polar surface area (TPSA) is 67.3 Å². The van der Waals surface area contributed by atoms with Gasteiger partial charge in [0, 0.05) is 48.7 Å². The molecule has 0 saturated carbocycles. The molecule has 1 atom stereocenters. The zero-order valence-electron chi connectivity index (χ0n) is 19.9. The second-order valence-corrected chi connectivity index (χ2v) is 8.66. The van der Waals surface area contributed by atoms with E-state index in [1.54, 1.807) is 19.4 Å². The summed E-state index contributed by atoms with van der Waals surface area (Å²) in [4.78, 5) is 25.1. The second-order valence-electron chi connectivity index (χ2n) is 8.66. The van der Waals surface area contributed by atoms with Gasteiger partial charge < -0.3 is 15.0 Å². The van der Waals surface area contributed by atoms with Gasteiger partial charge in [-0.25, -0.2) is 4.98 Å². The molecular weight excluding hydrogens is 436 g/mol. The molecule has 0 aliphatic carbocycles. The predicted octanol–water partition coefficient (Wildman–Crippen LogP) is 4.84. The summed E-state index contributed by atoms with van der Waals surface area (Å²) in [5.41, 5.74) is 4.71. The molecule has 4 aromatic rings. The van der Waals surface area contributed by atoms with Crippen LogP contribution in [0.25, 0.3) is 11.1 Å². The first-order chi connectivity index (χ1) is 17.1. The molecule has 3 heterocycles. The number of benzene rings is 2. The van der Waals surface area contributed by atoms with E-state index in [4.69, 9.17) is 9.72 Å². The van der Waals surface area contributed by atoms with E-state index < -0.39 is 0 Å². The number of ketones is 1. The first kappa shape index (κ1) is 22.7. The Labute approximate surface area is 205 Å². The molecule has 1 aliphatic heterocycles. The van der Waals surface area contributed by atoms with Gasteiger partial charge in [-0.2, -0.15) is 0 Å². The van der Waals surface area contributed by atoms with Crippen molar-refractivity contribution in [2.45, 2.75) is 13.0 Å². The van der Waals surface area contributed by atoms with E-state index in [-0.39, 0.29) is 11.8 Å². The number of rotatable bonds is 6. The number of nitrogens with zero attached hydrogens (tertiary/aromatic N) is 3. The van der Waals surface area contributed by atoms with Gasteiger partial charge in [0.1, 0.15) is 17.3 Å². The van der Waals surface area contributed by atoms with Crippen molar-refractivity contribution in [2.75, 3.05) is 31.6 Å². The first-order valence-corrected chi connectivity index (χ1v) is 11.8. The Morgan fingerprint density at radius 3 is 2.66 bits per heavy atom. The Kier molecular flexibility index (Phi) is 6.55. The third-order valence-electron chi connectivity index (χ3n) is 6.40. The van der Waals surface area contributed by atoms with Crippen LogP contribution in [-0.4, -0.2) is 42.5 Å². The van der Waals surface area contributed by atoms with E-state index in [0.29, 0.717) is 17.0 Å². The number of piperazine rings is 1. The van der Waals surface area contributed by atoms with Crippen LogP contribution in [0.2, 0.25) is 0 Å². The molecule has 6 nitrogen and oxygen atoms in total. The van der Waals surface area contributed by atoms with Gasteiger partial charge in [0.05, 0.1) is 7.11 Å². The Balaban J connectivity index is 1.41. The highest BCUT2D eigenvalue weighted by molar-refractivity contribution is 6.09. The monoisotopic (exact) mass is 464 g/mol. The van der Waals surface area contributed by atoms with Crippen molar-refractivity contribution in [3.63, 3.8) is 0 Å². The number of hydrogen-bond acceptors (Lipinski definition) is 6. The van der Waals surface area contributed by atoms with Gasteiger partial charge in [-0.15, -0.1) is 0 Å². The molecule has 1 saturated heterocycles. The van der Waals surface area contributed by atoms with Crippen LogP contribution in [0.5, 0.6) is 5.75 Å². The van der Waals surface area contributed by atoms with Crippen LogP contribution in [0.3, 0.4) is 0 Å². The number of methoxy groups -OCH3 is 1. The summed E-state index contributed by atoms with van der Waals surface area (Å²) in [6.07, 6.45) is 1.79. The summed E-state index contributed by atoms with van der Waals surface area (Å²) in [7, 11) is 1.64. The predicted molar refractivity (Wildman–Crippen MR) is 138 cm³/mol. The number of carbonyl (C=O) groups excluding carboxylic acids is 1. The molecule has 0 bridgehead atoms. The summed E-state index contributed by atoms with van der Waals surface area (Å²) in [5.74, 6) is 1.44. The zero-order chi connectivity index (χ0) is 24.2. The summed E-state index contributed by atoms with van der Waals surface area (Å²) in [6.45, 7) is 4.33. The lowest BCUT2D eigenvalue weighted by molar-refractivity contribution is 0.103. The van der Waals surface area contributed by atoms with Gasteiger partial charge in [0.25, 0.3) is 0 Å². The fourth-order valence-electron chi connectivity index (χ4n) is 4.45. The summed E-state index contributed by atoms with van der Waals surface area (Å²) in [6, 6.07) is 25.9. The van der Waals surface area contributed by atoms with Gasteiger partial charge in [-0.3, -0.25) is 9.78 Å². The van der Waals surface area contributed by atoms with Crippen LogP contribution in [-0.2, 0) is 0 Å². The first-order valence-electron chi connectivity index (χ1n) is 11.8. The van der Waals surface area contributed by atoms with Crippen LogP contribution in [0.15, 0.2) is 85.1 Å². The number of aromatic nitrogens is 2. The van der Waals surface area contributed by atoms with Crippen molar-refractivity contribution in [2.24, 2.45) is 0 Å². The van der Waals surface area contributed by atoms with Crippen LogP contribution in [0, 0.1) is 6.92 Å². The molecule has 2 aromatic carbocycles. The SMILES string of the molecule is COc1cccc(-c2cnc(C)c(C(=O)c3cccc(N4CCNC(c5ccccc5)C4)n3)c2)c1. The van der Waals surface area contributed by atoms with E-state index in [2.05, 4.69) is 39.5 Å². The third kappa shape index (κ3) is 4.93. The lowest BCUT2D eigenvalue weighted by Crippen LogP contribution is -2.46. The fraction of sp³-hybridized carbons (Fsp3) is 0.207. The quantitative estimate of drug-likeness (QED) is 0.412. The van der Waals surface area contributed by atoms with Crippen molar-refractivity contribution in [3.05, 3.63) is 108 Å². The minimum atomic E-state index is -0.128. The molecule has 0 spiro atoms. The molecule has 5 rings (SSSR count). The summed E-state index contributed by atoms with van der Waals surface area (Å²) < 4.78 is 5.35. The van der Waals surface area contributed by atoms with E-state index in [1.165, 1.54) is 5.56 Å². The van der Waals surface area contributed by atoms with Gasteiger partial charge >= 0.3 is 0 Å². The van der Waals surface area contributed by atoms with Crippen LogP contribution >= 0.6 is 0 Å². The summed E-state index contributed by atoms with van der Waals surface area (Å²) in [5, 5.41) is 3.58. The smallest absolute Gasteiger partial charge is 0.213 e. The minimum absolute atomic E-state index is 0.128. The van der Waals surface area contributed by atoms with E-state index >= 15 is 0 Å². The number of ether oxygens (including phenoxy) is 1. The second kappa shape index (κ2) is 10.1. The van der Waals surface area contributed by atoms with Crippen molar-refractivity contribution in [3.8, 4) is 16.9 Å². The molecule has 176 valence electrons. The lowest BCUT2D eigenvalue weighted by atomic mass is 10.0. The van der Waals surface area contributed by atoms with Crippen molar-refractivity contribution in [1.82, 2.24) is 15.3 Å². The Hall–Kier alpha value is -4.03. The molecule has 1 N–H and O–H groups in total. The maximum absolute atomic E-state index is 13.5. The third-order valence-corrected chi connectivity index (χ3v) is 6.40. The number of anilines is 1. The molecule has 6 heteroatoms. The maximum atomic E-state index is 13.5. The van der Waals surface area contributed by atoms with Crippen molar-refractivity contribution in [1.29, 1.82) is 0 Å². The standard InChI is InChI=1S/C29H28N4O2/c1-20-25(17-23(18-31-20)22-10-6-11-24(16-22)35-2)29(34)26-12-7-13-28(32-26)33-15-14-30-27(19-33)21-8-4-3-5-9-21/h3-13,16-18,27,30H,14-15,19H2,1-2H3. The van der Waals surface area contributed by atoms with Gasteiger partial charge in [-0.1, -0.05) is 48.5 Å². The molecule has 2 aromatic heterocycles. The molecule has 1 unspecified atom stereocenters. The molecule has 0 radical (unpaired) electrons. The highest BCUT2D eigenvalue weighted by atomic mass is 16.5. The highest BCUT2D eigenvalue weighted by Crippen LogP contribution is 2.26. The molecule has 1 fully saturated rings. The molecule has 1 aliphatic rings. The average molecular weight is 465 g/mol. The number of pyridine rings is 2. The van der Waals surface area contributed by atoms with E-state index in [0.717, 1.165) is 42.3 Å². The van der Waals surface area contributed by atoms with Gasteiger partial charge in [0.2, 0.25) is 5.78 Å². The molecule has 35 heavy (non-hydrogen) atoms. The minimum Gasteiger partial charge on any atom is -0.497 e. The average Bonchev–Trinajstić information content (AvgIpc) is 2.93. The molecule has 0 amide bonds. The number of nitrogens with one attached hydrogen (secondary N) is 1. The van der Waals surface area contributed by atoms with E-state index in [1.807, 2.05) is 55.5 Å². The van der Waals surface area contributed by atoms with Crippen molar-refractivity contribution >= 4 is 11.6 Å². The van der Waals surface area contributed by atoms with Crippen LogP contribution in [0.4, 0.5) is 5.82 Å². The summed E-state index contributed by atoms with van der Waals surface area (Å²) >= 11 is 0. The Bertz CT molecular complexity index is 1340. The fourth-order valence-corrected chi connectivity index (χ4v) is 4.45. The number of carbonyl (C=O) groups is 1.